The van der Waals surface area contributed by atoms with Gasteiger partial charge in [-0.1, -0.05) is 11.6 Å². The molecule has 1 aromatic carbocycles. The van der Waals surface area contributed by atoms with E-state index in [1.165, 1.54) is 26.0 Å². The molecule has 1 rings (SSSR count). The van der Waals surface area contributed by atoms with Crippen molar-refractivity contribution in [1.29, 1.82) is 0 Å². The van der Waals surface area contributed by atoms with Gasteiger partial charge in [0.05, 0.1) is 11.1 Å². The number of anilines is 1. The van der Waals surface area contributed by atoms with Gasteiger partial charge in [-0.05, 0) is 32.0 Å². The lowest BCUT2D eigenvalue weighted by Crippen LogP contribution is -2.29. The van der Waals surface area contributed by atoms with Crippen LogP contribution in [-0.4, -0.2) is 17.0 Å². The summed E-state index contributed by atoms with van der Waals surface area (Å²) in [6.07, 6.45) is -0.246. The largest absolute Gasteiger partial charge is 0.481 e. The first-order chi connectivity index (χ1) is 8.22. The molecule has 1 amide bonds. The fraction of sp³-hybridized carbons (Fsp3) is 0.333. The molecular formula is C12H13ClFNO3. The molecule has 0 atom stereocenters. The molecule has 0 heterocycles. The van der Waals surface area contributed by atoms with Gasteiger partial charge < -0.3 is 10.4 Å². The monoisotopic (exact) mass is 273 g/mol. The van der Waals surface area contributed by atoms with Crippen molar-refractivity contribution < 1.29 is 19.1 Å². The molecule has 0 saturated heterocycles. The number of benzene rings is 1. The molecule has 0 unspecified atom stereocenters. The molecule has 0 spiro atoms. The predicted octanol–water partition coefficient (Wildman–Crippen LogP) is 2.92. The van der Waals surface area contributed by atoms with Crippen LogP contribution in [0, 0.1) is 11.2 Å². The zero-order chi connectivity index (χ0) is 13.9. The lowest BCUT2D eigenvalue weighted by atomic mass is 9.89. The summed E-state index contributed by atoms with van der Waals surface area (Å²) in [5.74, 6) is -2.32. The summed E-state index contributed by atoms with van der Waals surface area (Å²) < 4.78 is 13.4. The van der Waals surface area contributed by atoms with Gasteiger partial charge in [0.2, 0.25) is 5.91 Å². The van der Waals surface area contributed by atoms with E-state index in [0.29, 0.717) is 0 Å². The summed E-state index contributed by atoms with van der Waals surface area (Å²) >= 11 is 5.57. The van der Waals surface area contributed by atoms with Gasteiger partial charge >= 0.3 is 5.97 Å². The van der Waals surface area contributed by atoms with Crippen LogP contribution in [0.4, 0.5) is 10.1 Å². The molecule has 0 aliphatic heterocycles. The standard InChI is InChI=1S/C12H13ClFNO3/c1-12(2,11(17)18)6-10(16)15-9-4-3-7(13)5-8(9)14/h3-5H,6H2,1-2H3,(H,15,16)(H,17,18). The van der Waals surface area contributed by atoms with Crippen LogP contribution in [0.2, 0.25) is 5.02 Å². The first-order valence-electron chi connectivity index (χ1n) is 5.20. The van der Waals surface area contributed by atoms with E-state index in [1.807, 2.05) is 0 Å². The number of halogens is 2. The van der Waals surface area contributed by atoms with E-state index in [-0.39, 0.29) is 17.1 Å². The Labute approximate surface area is 109 Å². The van der Waals surface area contributed by atoms with Crippen molar-refractivity contribution in [2.75, 3.05) is 5.32 Å². The molecule has 0 radical (unpaired) electrons. The van der Waals surface area contributed by atoms with Gasteiger partial charge in [-0.25, -0.2) is 4.39 Å². The third kappa shape index (κ3) is 3.70. The zero-order valence-corrected chi connectivity index (χ0v) is 10.7. The summed E-state index contributed by atoms with van der Waals surface area (Å²) in [5.41, 5.74) is -1.22. The smallest absolute Gasteiger partial charge is 0.309 e. The number of carbonyl (C=O) groups is 2. The molecule has 0 fully saturated rings. The van der Waals surface area contributed by atoms with Crippen molar-refractivity contribution in [2.45, 2.75) is 20.3 Å². The highest BCUT2D eigenvalue weighted by molar-refractivity contribution is 6.30. The molecular weight excluding hydrogens is 261 g/mol. The first kappa shape index (κ1) is 14.4. The van der Waals surface area contributed by atoms with Crippen LogP contribution in [0.1, 0.15) is 20.3 Å². The average molecular weight is 274 g/mol. The second-order valence-corrected chi connectivity index (χ2v) is 4.97. The molecule has 0 aromatic heterocycles. The highest BCUT2D eigenvalue weighted by atomic mass is 35.5. The molecule has 0 saturated carbocycles. The number of carbonyl (C=O) groups excluding carboxylic acids is 1. The van der Waals surface area contributed by atoms with Crippen LogP contribution in [-0.2, 0) is 9.59 Å². The van der Waals surface area contributed by atoms with E-state index in [4.69, 9.17) is 16.7 Å². The van der Waals surface area contributed by atoms with Crippen LogP contribution in [0.5, 0.6) is 0 Å². The van der Waals surface area contributed by atoms with Crippen molar-refractivity contribution in [1.82, 2.24) is 0 Å². The van der Waals surface area contributed by atoms with Crippen molar-refractivity contribution in [3.63, 3.8) is 0 Å². The number of carboxylic acid groups (broad SMARTS) is 1. The topological polar surface area (TPSA) is 66.4 Å². The maximum Gasteiger partial charge on any atom is 0.309 e. The van der Waals surface area contributed by atoms with Crippen LogP contribution in [0.25, 0.3) is 0 Å². The Kier molecular flexibility index (Phi) is 4.29. The number of nitrogens with one attached hydrogen (secondary N) is 1. The van der Waals surface area contributed by atoms with Crippen molar-refractivity contribution in [2.24, 2.45) is 5.41 Å². The van der Waals surface area contributed by atoms with Crippen molar-refractivity contribution in [3.05, 3.63) is 29.0 Å². The molecule has 0 aliphatic carbocycles. The van der Waals surface area contributed by atoms with Crippen LogP contribution in [0.3, 0.4) is 0 Å². The highest BCUT2D eigenvalue weighted by Crippen LogP contribution is 2.23. The molecule has 0 bridgehead atoms. The minimum Gasteiger partial charge on any atom is -0.481 e. The van der Waals surface area contributed by atoms with Crippen molar-refractivity contribution in [3.8, 4) is 0 Å². The van der Waals surface area contributed by atoms with Crippen molar-refractivity contribution >= 4 is 29.2 Å². The lowest BCUT2D eigenvalue weighted by molar-refractivity contribution is -0.148. The van der Waals surface area contributed by atoms with Gasteiger partial charge in [0.25, 0.3) is 0 Å². The van der Waals surface area contributed by atoms with Crippen LogP contribution in [0.15, 0.2) is 18.2 Å². The molecule has 18 heavy (non-hydrogen) atoms. The van der Waals surface area contributed by atoms with E-state index in [2.05, 4.69) is 5.32 Å². The van der Waals surface area contributed by atoms with E-state index in [0.717, 1.165) is 6.07 Å². The number of aliphatic carboxylic acids is 1. The van der Waals surface area contributed by atoms with Gasteiger partial charge in [0.1, 0.15) is 5.82 Å². The van der Waals surface area contributed by atoms with E-state index in [9.17, 15) is 14.0 Å². The Balaban J connectivity index is 2.74. The molecule has 6 heteroatoms. The maximum atomic E-state index is 13.4. The third-order valence-electron chi connectivity index (χ3n) is 2.39. The number of hydrogen-bond donors (Lipinski definition) is 2. The van der Waals surface area contributed by atoms with E-state index in [1.54, 1.807) is 0 Å². The minimum atomic E-state index is -1.20. The number of hydrogen-bond acceptors (Lipinski definition) is 2. The van der Waals surface area contributed by atoms with E-state index >= 15 is 0 Å². The summed E-state index contributed by atoms with van der Waals surface area (Å²) in [4.78, 5) is 22.4. The predicted molar refractivity (Wildman–Crippen MR) is 66.1 cm³/mol. The van der Waals surface area contributed by atoms with Crippen LogP contribution >= 0.6 is 11.6 Å². The summed E-state index contributed by atoms with van der Waals surface area (Å²) in [6, 6.07) is 3.82. The Morgan fingerprint density at radius 2 is 2.06 bits per heavy atom. The average Bonchev–Trinajstić information content (AvgIpc) is 2.21. The molecule has 0 aliphatic rings. The number of rotatable bonds is 4. The van der Waals surface area contributed by atoms with Gasteiger partial charge in [-0.15, -0.1) is 0 Å². The highest BCUT2D eigenvalue weighted by Gasteiger charge is 2.30. The fourth-order valence-electron chi connectivity index (χ4n) is 1.26. The van der Waals surface area contributed by atoms with E-state index < -0.39 is 23.1 Å². The van der Waals surface area contributed by atoms with Gasteiger partial charge in [-0.3, -0.25) is 9.59 Å². The summed E-state index contributed by atoms with van der Waals surface area (Å²) in [6.45, 7) is 2.85. The summed E-state index contributed by atoms with van der Waals surface area (Å²) in [5, 5.41) is 11.4. The first-order valence-corrected chi connectivity index (χ1v) is 5.58. The number of carboxylic acids is 1. The molecule has 1 aromatic rings. The second-order valence-electron chi connectivity index (χ2n) is 4.54. The Bertz CT molecular complexity index is 488. The quantitative estimate of drug-likeness (QED) is 0.886. The fourth-order valence-corrected chi connectivity index (χ4v) is 1.42. The normalized spacial score (nSPS) is 11.1. The zero-order valence-electron chi connectivity index (χ0n) is 9.96. The minimum absolute atomic E-state index is 0.0226. The number of amides is 1. The van der Waals surface area contributed by atoms with Gasteiger partial charge in [-0.2, -0.15) is 0 Å². The summed E-state index contributed by atoms with van der Waals surface area (Å²) in [7, 11) is 0. The van der Waals surface area contributed by atoms with Gasteiger partial charge in [0, 0.05) is 11.4 Å². The SMILES string of the molecule is CC(C)(CC(=O)Nc1ccc(Cl)cc1F)C(=O)O. The molecule has 98 valence electrons. The Morgan fingerprint density at radius 1 is 1.44 bits per heavy atom. The Morgan fingerprint density at radius 3 is 2.56 bits per heavy atom. The second kappa shape index (κ2) is 5.35. The Hall–Kier alpha value is -1.62. The third-order valence-corrected chi connectivity index (χ3v) is 2.62. The maximum absolute atomic E-state index is 13.4. The molecule has 2 N–H and O–H groups in total. The van der Waals surface area contributed by atoms with Gasteiger partial charge in [0.15, 0.2) is 0 Å². The molecule has 4 nitrogen and oxygen atoms in total. The van der Waals surface area contributed by atoms with Crippen LogP contribution < -0.4 is 5.32 Å². The lowest BCUT2D eigenvalue weighted by Gasteiger charge is -2.18.